The SMILES string of the molecule is COc1ccccc1Sc1ccc(C)cc1C(=O)O. The molecule has 0 saturated heterocycles. The number of methoxy groups -OCH3 is 1. The maximum Gasteiger partial charge on any atom is 0.336 e. The maximum atomic E-state index is 11.3. The Kier molecular flexibility index (Phi) is 4.12. The summed E-state index contributed by atoms with van der Waals surface area (Å²) in [5, 5.41) is 9.25. The molecule has 0 heterocycles. The molecule has 0 radical (unpaired) electrons. The lowest BCUT2D eigenvalue weighted by Gasteiger charge is -2.10. The Morgan fingerprint density at radius 2 is 1.89 bits per heavy atom. The van der Waals surface area contributed by atoms with E-state index in [0.29, 0.717) is 10.5 Å². The van der Waals surface area contributed by atoms with Crippen LogP contribution in [0, 0.1) is 6.92 Å². The molecule has 0 fully saturated rings. The van der Waals surface area contributed by atoms with Gasteiger partial charge in [-0.3, -0.25) is 0 Å². The largest absolute Gasteiger partial charge is 0.496 e. The average Bonchev–Trinajstić information content (AvgIpc) is 2.41. The van der Waals surface area contributed by atoms with E-state index in [1.165, 1.54) is 11.8 Å². The lowest BCUT2D eigenvalue weighted by molar-refractivity contribution is 0.0693. The predicted octanol–water partition coefficient (Wildman–Crippen LogP) is 3.85. The minimum Gasteiger partial charge on any atom is -0.496 e. The molecule has 98 valence electrons. The van der Waals surface area contributed by atoms with Crippen LogP contribution in [0.1, 0.15) is 15.9 Å². The van der Waals surface area contributed by atoms with E-state index in [0.717, 1.165) is 16.2 Å². The second-order valence-corrected chi connectivity index (χ2v) is 5.14. The van der Waals surface area contributed by atoms with Crippen molar-refractivity contribution >= 4 is 17.7 Å². The number of carboxylic acid groups (broad SMARTS) is 1. The molecule has 3 nitrogen and oxygen atoms in total. The lowest BCUT2D eigenvalue weighted by atomic mass is 10.1. The van der Waals surface area contributed by atoms with E-state index < -0.39 is 5.97 Å². The third kappa shape index (κ3) is 3.09. The van der Waals surface area contributed by atoms with Crippen LogP contribution in [0.4, 0.5) is 0 Å². The summed E-state index contributed by atoms with van der Waals surface area (Å²) in [7, 11) is 1.60. The Balaban J connectivity index is 2.41. The summed E-state index contributed by atoms with van der Waals surface area (Å²) in [6, 6.07) is 13.0. The highest BCUT2D eigenvalue weighted by atomic mass is 32.2. The van der Waals surface area contributed by atoms with Crippen LogP contribution in [-0.2, 0) is 0 Å². The van der Waals surface area contributed by atoms with Crippen molar-refractivity contribution in [2.24, 2.45) is 0 Å². The van der Waals surface area contributed by atoms with Crippen LogP contribution in [0.5, 0.6) is 5.75 Å². The van der Waals surface area contributed by atoms with Gasteiger partial charge in [0, 0.05) is 4.90 Å². The topological polar surface area (TPSA) is 46.5 Å². The third-order valence-electron chi connectivity index (χ3n) is 2.65. The molecule has 0 bridgehead atoms. The van der Waals surface area contributed by atoms with E-state index >= 15 is 0 Å². The Morgan fingerprint density at radius 1 is 1.16 bits per heavy atom. The summed E-state index contributed by atoms with van der Waals surface area (Å²) in [5.74, 6) is -0.175. The summed E-state index contributed by atoms with van der Waals surface area (Å²) in [6.07, 6.45) is 0. The lowest BCUT2D eigenvalue weighted by Crippen LogP contribution is -1.99. The molecule has 0 unspecified atom stereocenters. The molecule has 4 heteroatoms. The first kappa shape index (κ1) is 13.5. The minimum absolute atomic E-state index is 0.316. The molecule has 0 spiro atoms. The molecule has 0 saturated carbocycles. The zero-order chi connectivity index (χ0) is 13.8. The first-order chi connectivity index (χ1) is 9.11. The molecular weight excluding hydrogens is 260 g/mol. The highest BCUT2D eigenvalue weighted by Gasteiger charge is 2.13. The molecule has 2 rings (SSSR count). The number of hydrogen-bond donors (Lipinski definition) is 1. The summed E-state index contributed by atoms with van der Waals surface area (Å²) < 4.78 is 5.27. The third-order valence-corrected chi connectivity index (χ3v) is 3.79. The van der Waals surface area contributed by atoms with Gasteiger partial charge >= 0.3 is 5.97 Å². The van der Waals surface area contributed by atoms with Crippen molar-refractivity contribution in [3.05, 3.63) is 53.6 Å². The number of ether oxygens (including phenoxy) is 1. The molecule has 0 aliphatic heterocycles. The highest BCUT2D eigenvalue weighted by molar-refractivity contribution is 7.99. The number of benzene rings is 2. The quantitative estimate of drug-likeness (QED) is 0.919. The molecule has 0 aliphatic carbocycles. The number of para-hydroxylation sites is 1. The van der Waals surface area contributed by atoms with Crippen molar-refractivity contribution in [1.29, 1.82) is 0 Å². The van der Waals surface area contributed by atoms with Crippen LogP contribution < -0.4 is 4.74 Å². The second-order valence-electron chi connectivity index (χ2n) is 4.06. The van der Waals surface area contributed by atoms with Gasteiger partial charge in [-0.15, -0.1) is 0 Å². The fourth-order valence-corrected chi connectivity index (χ4v) is 2.75. The molecule has 0 aromatic heterocycles. The van der Waals surface area contributed by atoms with Gasteiger partial charge in [0.25, 0.3) is 0 Å². The van der Waals surface area contributed by atoms with Crippen molar-refractivity contribution in [2.75, 3.05) is 7.11 Å². The van der Waals surface area contributed by atoms with Gasteiger partial charge in [-0.2, -0.15) is 0 Å². The van der Waals surface area contributed by atoms with Gasteiger partial charge in [0.2, 0.25) is 0 Å². The number of carboxylic acids is 1. The highest BCUT2D eigenvalue weighted by Crippen LogP contribution is 2.36. The Morgan fingerprint density at radius 3 is 2.58 bits per heavy atom. The van der Waals surface area contributed by atoms with Crippen molar-refractivity contribution in [3.8, 4) is 5.75 Å². The molecule has 0 atom stereocenters. The first-order valence-corrected chi connectivity index (χ1v) is 6.58. The fraction of sp³-hybridized carbons (Fsp3) is 0.133. The summed E-state index contributed by atoms with van der Waals surface area (Å²) in [4.78, 5) is 12.9. The standard InChI is InChI=1S/C15H14O3S/c1-10-7-8-13(11(9-10)15(16)17)19-14-6-4-3-5-12(14)18-2/h3-9H,1-2H3,(H,16,17). The van der Waals surface area contributed by atoms with Crippen LogP contribution in [0.3, 0.4) is 0 Å². The van der Waals surface area contributed by atoms with Crippen molar-refractivity contribution in [2.45, 2.75) is 16.7 Å². The maximum absolute atomic E-state index is 11.3. The van der Waals surface area contributed by atoms with Crippen LogP contribution >= 0.6 is 11.8 Å². The normalized spacial score (nSPS) is 10.2. The molecule has 2 aromatic carbocycles. The van der Waals surface area contributed by atoms with Gasteiger partial charge < -0.3 is 9.84 Å². The predicted molar refractivity (Wildman–Crippen MR) is 75.3 cm³/mol. The Hall–Kier alpha value is -1.94. The average molecular weight is 274 g/mol. The first-order valence-electron chi connectivity index (χ1n) is 5.76. The van der Waals surface area contributed by atoms with E-state index in [-0.39, 0.29) is 0 Å². The molecule has 0 amide bonds. The summed E-state index contributed by atoms with van der Waals surface area (Å²) in [6.45, 7) is 1.88. The van der Waals surface area contributed by atoms with E-state index in [1.807, 2.05) is 43.3 Å². The second kappa shape index (κ2) is 5.80. The van der Waals surface area contributed by atoms with E-state index in [4.69, 9.17) is 4.74 Å². The van der Waals surface area contributed by atoms with Gasteiger partial charge in [-0.05, 0) is 31.2 Å². The van der Waals surface area contributed by atoms with E-state index in [9.17, 15) is 9.90 Å². The zero-order valence-electron chi connectivity index (χ0n) is 10.7. The minimum atomic E-state index is -0.916. The van der Waals surface area contributed by atoms with E-state index in [2.05, 4.69) is 0 Å². The van der Waals surface area contributed by atoms with Crippen molar-refractivity contribution in [1.82, 2.24) is 0 Å². The molecule has 0 aliphatic rings. The Bertz CT molecular complexity index is 608. The van der Waals surface area contributed by atoms with Gasteiger partial charge in [0.1, 0.15) is 5.75 Å². The van der Waals surface area contributed by atoms with Crippen molar-refractivity contribution in [3.63, 3.8) is 0 Å². The monoisotopic (exact) mass is 274 g/mol. The smallest absolute Gasteiger partial charge is 0.336 e. The number of hydrogen-bond acceptors (Lipinski definition) is 3. The van der Waals surface area contributed by atoms with Crippen molar-refractivity contribution < 1.29 is 14.6 Å². The van der Waals surface area contributed by atoms with Crippen LogP contribution in [-0.4, -0.2) is 18.2 Å². The zero-order valence-corrected chi connectivity index (χ0v) is 11.5. The number of rotatable bonds is 4. The fourth-order valence-electron chi connectivity index (χ4n) is 1.72. The Labute approximate surface area is 116 Å². The van der Waals surface area contributed by atoms with Gasteiger partial charge in [-0.25, -0.2) is 4.79 Å². The summed E-state index contributed by atoms with van der Waals surface area (Å²) in [5.41, 5.74) is 1.25. The number of aromatic carboxylic acids is 1. The summed E-state index contributed by atoms with van der Waals surface area (Å²) >= 11 is 1.40. The van der Waals surface area contributed by atoms with Crippen LogP contribution in [0.15, 0.2) is 52.3 Å². The van der Waals surface area contributed by atoms with E-state index in [1.54, 1.807) is 13.2 Å². The van der Waals surface area contributed by atoms with Crippen LogP contribution in [0.25, 0.3) is 0 Å². The molecule has 2 aromatic rings. The van der Waals surface area contributed by atoms with Gasteiger partial charge in [-0.1, -0.05) is 35.5 Å². The molecular formula is C15H14O3S. The van der Waals surface area contributed by atoms with Gasteiger partial charge in [0.05, 0.1) is 17.6 Å². The number of aryl methyl sites for hydroxylation is 1. The number of carbonyl (C=O) groups is 1. The van der Waals surface area contributed by atoms with Crippen LogP contribution in [0.2, 0.25) is 0 Å². The molecule has 1 N–H and O–H groups in total. The van der Waals surface area contributed by atoms with Gasteiger partial charge in [0.15, 0.2) is 0 Å². The molecule has 19 heavy (non-hydrogen) atoms.